The fourth-order valence-corrected chi connectivity index (χ4v) is 2.27. The molecule has 1 aliphatic heterocycles. The van der Waals surface area contributed by atoms with Crippen LogP contribution in [0, 0.1) is 0 Å². The van der Waals surface area contributed by atoms with Gasteiger partial charge >= 0.3 is 0 Å². The fourth-order valence-electron chi connectivity index (χ4n) is 1.43. The van der Waals surface area contributed by atoms with Gasteiger partial charge in [-0.1, -0.05) is 0 Å². The molecule has 0 bridgehead atoms. The third kappa shape index (κ3) is 1.46. The van der Waals surface area contributed by atoms with E-state index in [2.05, 4.69) is 24.9 Å². The van der Waals surface area contributed by atoms with Crippen LogP contribution in [0.15, 0.2) is 23.7 Å². The molecule has 0 atom stereocenters. The van der Waals surface area contributed by atoms with Crippen LogP contribution in [0.2, 0.25) is 0 Å². The van der Waals surface area contributed by atoms with Crippen molar-refractivity contribution in [2.24, 2.45) is 4.99 Å². The van der Waals surface area contributed by atoms with Crippen molar-refractivity contribution in [3.63, 3.8) is 0 Å². The van der Waals surface area contributed by atoms with Crippen LogP contribution in [0.4, 0.5) is 0 Å². The van der Waals surface area contributed by atoms with E-state index < -0.39 is 0 Å². The second-order valence-corrected chi connectivity index (χ2v) is 4.07. The smallest absolute Gasteiger partial charge is 0.182 e. The Labute approximate surface area is 90.1 Å². The zero-order valence-corrected chi connectivity index (χ0v) is 8.61. The summed E-state index contributed by atoms with van der Waals surface area (Å²) >= 11 is 1.70. The van der Waals surface area contributed by atoms with Crippen LogP contribution >= 0.6 is 11.8 Å². The molecule has 0 saturated carbocycles. The summed E-state index contributed by atoms with van der Waals surface area (Å²) in [6.07, 6.45) is 4.78. The summed E-state index contributed by atoms with van der Waals surface area (Å²) in [4.78, 5) is 21.0. The Morgan fingerprint density at radius 1 is 1.07 bits per heavy atom. The highest BCUT2D eigenvalue weighted by Crippen LogP contribution is 2.20. The van der Waals surface area contributed by atoms with Crippen molar-refractivity contribution in [3.8, 4) is 0 Å². The molecule has 0 fully saturated rings. The lowest BCUT2D eigenvalue weighted by atomic mass is 10.3. The molecule has 15 heavy (non-hydrogen) atoms. The lowest BCUT2D eigenvalue weighted by molar-refractivity contribution is 1.13. The zero-order chi connectivity index (χ0) is 10.1. The fraction of sp³-hybridized carbons (Fsp3) is 0.222. The molecule has 0 saturated heterocycles. The normalized spacial score (nSPS) is 15.6. The van der Waals surface area contributed by atoms with Gasteiger partial charge in [-0.25, -0.2) is 19.9 Å². The first-order chi connectivity index (χ1) is 7.45. The van der Waals surface area contributed by atoms with Gasteiger partial charge in [-0.3, -0.25) is 4.99 Å². The Morgan fingerprint density at radius 3 is 2.87 bits per heavy atom. The van der Waals surface area contributed by atoms with Gasteiger partial charge in [0.05, 0.1) is 0 Å². The van der Waals surface area contributed by atoms with Gasteiger partial charge in [0.25, 0.3) is 0 Å². The Morgan fingerprint density at radius 2 is 2.00 bits per heavy atom. The van der Waals surface area contributed by atoms with Crippen LogP contribution in [0.5, 0.6) is 0 Å². The average molecular weight is 217 g/mol. The number of rotatable bonds is 1. The average Bonchev–Trinajstić information content (AvgIpc) is 2.82. The van der Waals surface area contributed by atoms with Gasteiger partial charge in [-0.2, -0.15) is 0 Å². The first-order valence-electron chi connectivity index (χ1n) is 4.54. The minimum absolute atomic E-state index is 0.623. The molecule has 6 heteroatoms. The maximum Gasteiger partial charge on any atom is 0.182 e. The largest absolute Gasteiger partial charge is 0.275 e. The monoisotopic (exact) mass is 217 g/mol. The summed E-state index contributed by atoms with van der Waals surface area (Å²) < 4.78 is 0. The molecule has 2 aromatic rings. The number of hydrogen-bond acceptors (Lipinski definition) is 6. The van der Waals surface area contributed by atoms with E-state index in [0.29, 0.717) is 5.65 Å². The summed E-state index contributed by atoms with van der Waals surface area (Å²) in [5.41, 5.74) is 2.15. The minimum atomic E-state index is 0.623. The highest BCUT2D eigenvalue weighted by atomic mass is 32.2. The molecule has 0 amide bonds. The quantitative estimate of drug-likeness (QED) is 0.710. The molecule has 2 aromatic heterocycles. The molecule has 0 aliphatic carbocycles. The highest BCUT2D eigenvalue weighted by Gasteiger charge is 2.15. The number of aliphatic imine (C=N–C) groups is 1. The van der Waals surface area contributed by atoms with Crippen molar-refractivity contribution in [1.29, 1.82) is 0 Å². The predicted molar refractivity (Wildman–Crippen MR) is 59.0 cm³/mol. The van der Waals surface area contributed by atoms with Gasteiger partial charge in [-0.05, 0) is 0 Å². The van der Waals surface area contributed by atoms with E-state index in [0.717, 1.165) is 28.6 Å². The second kappa shape index (κ2) is 3.54. The molecule has 0 spiro atoms. The summed E-state index contributed by atoms with van der Waals surface area (Å²) in [5, 5.41) is 0.947. The topological polar surface area (TPSA) is 63.9 Å². The van der Waals surface area contributed by atoms with E-state index in [1.807, 2.05) is 0 Å². The molecule has 74 valence electrons. The maximum atomic E-state index is 4.38. The van der Waals surface area contributed by atoms with Gasteiger partial charge < -0.3 is 0 Å². The number of aromatic nitrogens is 4. The van der Waals surface area contributed by atoms with Gasteiger partial charge in [0, 0.05) is 24.7 Å². The Bertz CT molecular complexity index is 534. The number of nitrogens with zero attached hydrogens (tertiary/aromatic N) is 5. The highest BCUT2D eigenvalue weighted by molar-refractivity contribution is 8.14. The first-order valence-corrected chi connectivity index (χ1v) is 5.53. The van der Waals surface area contributed by atoms with Gasteiger partial charge in [-0.15, -0.1) is 11.8 Å². The van der Waals surface area contributed by atoms with Crippen LogP contribution in [0.3, 0.4) is 0 Å². The molecule has 5 nitrogen and oxygen atoms in total. The lowest BCUT2D eigenvalue weighted by Crippen LogP contribution is -2.01. The standard InChI is InChI=1S/C9H7N5S/c1-2-11-8-6(10-1)7(13-5-14-8)9-12-3-4-15-9/h1-2,5H,3-4H2. The van der Waals surface area contributed by atoms with Crippen LogP contribution in [0.1, 0.15) is 5.69 Å². The van der Waals surface area contributed by atoms with E-state index in [4.69, 9.17) is 0 Å². The third-order valence-electron chi connectivity index (χ3n) is 2.06. The van der Waals surface area contributed by atoms with Crippen LogP contribution in [-0.4, -0.2) is 37.3 Å². The van der Waals surface area contributed by atoms with Crippen molar-refractivity contribution in [3.05, 3.63) is 24.4 Å². The van der Waals surface area contributed by atoms with Crippen LogP contribution in [0.25, 0.3) is 11.2 Å². The van der Waals surface area contributed by atoms with E-state index in [9.17, 15) is 0 Å². The molecule has 0 aromatic carbocycles. The number of hydrogen-bond donors (Lipinski definition) is 0. The number of fused-ring (bicyclic) bond motifs is 1. The Kier molecular flexibility index (Phi) is 2.06. The first kappa shape index (κ1) is 8.72. The van der Waals surface area contributed by atoms with Crippen LogP contribution in [-0.2, 0) is 0 Å². The van der Waals surface area contributed by atoms with Crippen molar-refractivity contribution < 1.29 is 0 Å². The van der Waals surface area contributed by atoms with Gasteiger partial charge in [0.1, 0.15) is 22.6 Å². The third-order valence-corrected chi connectivity index (χ3v) is 3.04. The SMILES string of the molecule is c1cnc2c(C3=NCCS3)ncnc2n1. The molecular formula is C9H7N5S. The van der Waals surface area contributed by atoms with E-state index in [-0.39, 0.29) is 0 Å². The molecule has 3 rings (SSSR count). The predicted octanol–water partition coefficient (Wildman–Crippen LogP) is 0.913. The van der Waals surface area contributed by atoms with Crippen molar-refractivity contribution in [1.82, 2.24) is 19.9 Å². The molecule has 1 aliphatic rings. The molecule has 0 N–H and O–H groups in total. The van der Waals surface area contributed by atoms with E-state index >= 15 is 0 Å². The minimum Gasteiger partial charge on any atom is -0.275 e. The lowest BCUT2D eigenvalue weighted by Gasteiger charge is -2.01. The van der Waals surface area contributed by atoms with Gasteiger partial charge in [0.15, 0.2) is 5.65 Å². The van der Waals surface area contributed by atoms with Crippen molar-refractivity contribution in [2.45, 2.75) is 0 Å². The Hall–Kier alpha value is -1.56. The zero-order valence-electron chi connectivity index (χ0n) is 7.79. The number of thioether (sulfide) groups is 1. The summed E-state index contributed by atoms with van der Waals surface area (Å²) in [6.45, 7) is 0.853. The summed E-state index contributed by atoms with van der Waals surface area (Å²) in [6, 6.07) is 0. The van der Waals surface area contributed by atoms with Crippen molar-refractivity contribution in [2.75, 3.05) is 12.3 Å². The van der Waals surface area contributed by atoms with E-state index in [1.54, 1.807) is 24.2 Å². The van der Waals surface area contributed by atoms with E-state index in [1.165, 1.54) is 6.33 Å². The second-order valence-electron chi connectivity index (χ2n) is 2.99. The summed E-state index contributed by atoms with van der Waals surface area (Å²) in [7, 11) is 0. The van der Waals surface area contributed by atoms with Crippen molar-refractivity contribution >= 4 is 28.0 Å². The maximum absolute atomic E-state index is 4.38. The van der Waals surface area contributed by atoms with Gasteiger partial charge in [0.2, 0.25) is 0 Å². The molecule has 3 heterocycles. The molecule has 0 unspecified atom stereocenters. The molecule has 0 radical (unpaired) electrons. The van der Waals surface area contributed by atoms with Crippen LogP contribution < -0.4 is 0 Å². The Balaban J connectivity index is 2.26. The molecular weight excluding hydrogens is 210 g/mol. The summed E-state index contributed by atoms with van der Waals surface area (Å²) in [5.74, 6) is 1.01.